The number of azo groups is 2. The van der Waals surface area contributed by atoms with Gasteiger partial charge in [0.05, 0.1) is 166 Å². The first kappa shape index (κ1) is 75.5. The van der Waals surface area contributed by atoms with Crippen molar-refractivity contribution in [2.24, 2.45) is 20.5 Å². The van der Waals surface area contributed by atoms with Crippen LogP contribution in [0.5, 0.6) is 11.5 Å². The second-order valence-electron chi connectivity index (χ2n) is 22.0. The minimum atomic E-state index is -5.30. The number of hydrogen-bond acceptors (Lipinski definition) is 20. The first-order valence-electron chi connectivity index (χ1n) is 22.6. The van der Waals surface area contributed by atoms with Crippen LogP contribution in [0, 0.1) is 0 Å². The van der Waals surface area contributed by atoms with Gasteiger partial charge in [-0.15, -0.1) is 0 Å². The van der Waals surface area contributed by atoms with Gasteiger partial charge < -0.3 is 46.4 Å². The van der Waals surface area contributed by atoms with Crippen molar-refractivity contribution in [1.82, 2.24) is 9.97 Å². The number of nitrogens with zero attached hydrogens (tertiary/aromatic N) is 10. The van der Waals surface area contributed by atoms with E-state index in [9.17, 15) is 62.1 Å². The Morgan fingerprint density at radius 1 is 0.412 bits per heavy atom. The molecule has 2 heterocycles. The van der Waals surface area contributed by atoms with Crippen molar-refractivity contribution in [2.75, 3.05) is 113 Å². The summed E-state index contributed by atoms with van der Waals surface area (Å²) in [5, 5.41) is 39.9. The van der Waals surface area contributed by atoms with E-state index in [0.717, 1.165) is 101 Å². The summed E-state index contributed by atoms with van der Waals surface area (Å²) in [5.41, 5.74) is -3.50. The Labute approximate surface area is 497 Å². The quantitative estimate of drug-likeness (QED) is 0.0483. The fourth-order valence-corrected chi connectivity index (χ4v) is 7.95. The fraction of sp³-hybridized carbons (Fsp3) is 0.333. The van der Waals surface area contributed by atoms with Crippen molar-refractivity contribution in [3.05, 3.63) is 96.3 Å². The molecule has 0 atom stereocenters. The summed E-state index contributed by atoms with van der Waals surface area (Å²) in [6.45, 7) is 0. The topological polar surface area (TPSA) is 350 Å². The molecule has 0 saturated carbocycles. The maximum atomic E-state index is 12.9. The van der Waals surface area contributed by atoms with E-state index in [2.05, 4.69) is 143 Å². The van der Waals surface area contributed by atoms with E-state index in [-0.39, 0.29) is 33.3 Å². The van der Waals surface area contributed by atoms with Crippen molar-refractivity contribution < 1.29 is 115 Å². The van der Waals surface area contributed by atoms with Crippen molar-refractivity contribution in [2.45, 2.75) is 19.6 Å². The van der Waals surface area contributed by atoms with E-state index in [1.165, 1.54) is 36.7 Å². The third-order valence-corrected chi connectivity index (χ3v) is 11.2. The molecule has 2 aromatic heterocycles. The molecule has 6 rings (SSSR count). The molecule has 432 valence electrons. The van der Waals surface area contributed by atoms with Crippen LogP contribution in [-0.2, 0) is 75.1 Å². The Kier molecular flexibility index (Phi) is 29.5. The monoisotopic (exact) mass is 1330 g/mol. The van der Waals surface area contributed by atoms with E-state index in [1.807, 2.05) is 0 Å². The van der Waals surface area contributed by atoms with Gasteiger partial charge in [0.15, 0.2) is 0 Å². The number of hydrogen-bond donors (Lipinski definition) is 0. The van der Waals surface area contributed by atoms with Crippen LogP contribution in [0.2, 0.25) is 0 Å². The Morgan fingerprint density at radius 2 is 0.662 bits per heavy atom. The number of halogens is 2. The molecule has 0 aliphatic heterocycles. The summed E-state index contributed by atoms with van der Waals surface area (Å²) >= 11 is 1.69. The zero-order valence-corrected chi connectivity index (χ0v) is 57.9. The average Bonchev–Trinajstić information content (AvgIpc) is 3.28. The Morgan fingerprint density at radius 3 is 0.900 bits per heavy atom. The summed E-state index contributed by atoms with van der Waals surface area (Å²) in [7, 11) is 22.7. The van der Waals surface area contributed by atoms with Gasteiger partial charge in [0.1, 0.15) is 40.5 Å². The van der Waals surface area contributed by atoms with Gasteiger partial charge in [-0.25, -0.2) is 33.7 Å². The summed E-state index contributed by atoms with van der Waals surface area (Å²) in [5.74, 6) is -1.84. The van der Waals surface area contributed by atoms with Crippen LogP contribution in [-0.4, -0.2) is 193 Å². The molecule has 80 heavy (non-hydrogen) atoms. The van der Waals surface area contributed by atoms with Gasteiger partial charge in [0.25, 0.3) is 0 Å². The second-order valence-corrected chi connectivity index (χ2v) is 27.4. The van der Waals surface area contributed by atoms with Crippen LogP contribution in [0.25, 0.3) is 34.0 Å². The van der Waals surface area contributed by atoms with Crippen molar-refractivity contribution in [1.29, 1.82) is 0 Å². The van der Waals surface area contributed by atoms with Crippen LogP contribution in [0.1, 0.15) is 11.1 Å². The van der Waals surface area contributed by atoms with Crippen LogP contribution >= 0.6 is 19.4 Å². The first-order chi connectivity index (χ1) is 36.1. The number of rotatable bonds is 10. The molecule has 0 aliphatic carbocycles. The van der Waals surface area contributed by atoms with Crippen LogP contribution < -0.4 is 10.2 Å². The van der Waals surface area contributed by atoms with E-state index >= 15 is 0 Å². The Hall–Kier alpha value is -4.45. The molecule has 32 heteroatoms. The summed E-state index contributed by atoms with van der Waals surface area (Å²) in [6, 6.07) is 12.0. The Bertz CT molecular complexity index is 3350. The number of benzene rings is 4. The van der Waals surface area contributed by atoms with Crippen molar-refractivity contribution >= 4 is 117 Å². The van der Waals surface area contributed by atoms with E-state index in [4.69, 9.17) is 19.4 Å². The van der Waals surface area contributed by atoms with Gasteiger partial charge in [0.2, 0.25) is 0 Å². The van der Waals surface area contributed by atoms with Gasteiger partial charge >= 0.3 is 54.0 Å². The molecular weight excluding hydrogens is 1270 g/mol. The van der Waals surface area contributed by atoms with Crippen LogP contribution in [0.15, 0.2) is 125 Å². The molecule has 0 bridgehead atoms. The Balaban J connectivity index is 0.00000220. The van der Waals surface area contributed by atoms with Gasteiger partial charge in [0, 0.05) is 23.2 Å². The number of fused-ring (bicyclic) bond motifs is 2. The van der Waals surface area contributed by atoms with E-state index < -0.39 is 94.0 Å². The molecule has 0 amide bonds. The van der Waals surface area contributed by atoms with Crippen molar-refractivity contribution in [3.63, 3.8) is 0 Å². The zero-order chi connectivity index (χ0) is 62.8. The predicted molar refractivity (Wildman–Crippen MR) is 292 cm³/mol. The third-order valence-electron chi connectivity index (χ3n) is 7.64. The van der Waals surface area contributed by atoms with Gasteiger partial charge in [-0.05, 0) is 59.7 Å². The molecule has 6 aromatic rings. The van der Waals surface area contributed by atoms with Gasteiger partial charge in [-0.2, -0.15) is 20.5 Å². The van der Waals surface area contributed by atoms with Gasteiger partial charge in [-0.1, -0.05) is 47.9 Å². The molecule has 0 aliphatic rings. The van der Waals surface area contributed by atoms with Crippen LogP contribution in [0.3, 0.4) is 0 Å². The number of quaternary nitrogens is 4. The van der Waals surface area contributed by atoms with E-state index in [0.29, 0.717) is 12.1 Å². The van der Waals surface area contributed by atoms with E-state index in [1.54, 1.807) is 0 Å². The average molecular weight is 1340 g/mol. The minimum absolute atomic E-state index is 0.263. The maximum absolute atomic E-state index is 12.9. The number of pyridine rings is 2. The zero-order valence-electron chi connectivity index (χ0n) is 47.2. The molecule has 24 nitrogen and oxygen atoms in total. The molecule has 0 spiro atoms. The molecule has 0 saturated heterocycles. The molecule has 0 N–H and O–H groups in total. The number of aromatic nitrogens is 2. The molecule has 4 aromatic carbocycles. The van der Waals surface area contributed by atoms with Crippen LogP contribution in [0.4, 0.5) is 22.7 Å². The van der Waals surface area contributed by atoms with Gasteiger partial charge in [-0.3, -0.25) is 9.97 Å². The summed E-state index contributed by atoms with van der Waals surface area (Å²) in [4.78, 5) is 4.09. The molecule has 0 unspecified atom stereocenters. The summed E-state index contributed by atoms with van der Waals surface area (Å²) in [6.07, 6.45) is 4.25. The fourth-order valence-electron chi connectivity index (χ4n) is 5.19. The molecule has 0 fully saturated rings. The second kappa shape index (κ2) is 31.3. The standard InChI is InChI=1S/C32H22N6O14S4.4C4H12N.2ClH.2Zn/c39-31-23(15-27(55(47,48)49)21-3-1-11-33-29(21)31)37-35-19-9-7-17(25(13-19)53(41,42)43)5-6-18-8-10-20(14-26(18)54(44,45)46)36-38-24-16-28(56(50,51)52)22-4-2-12-34-30(22)32(24)40;4*1-5(2,3)4;;;;/h1-16,39-40H,(H,41,42,43)(H,44,45,46)(H,47,48,49)(H,50,51,52);4*1-4H3;2*1H;;/q;4*+1;;;2*+2/p-8/b6-5+,37-35?,38-36?;;;;;;;;. The molecule has 0 radical (unpaired) electrons. The summed E-state index contributed by atoms with van der Waals surface area (Å²) < 4.78 is 148. The normalized spacial score (nSPS) is 12.4. The predicted octanol–water partition coefficient (Wildman–Crippen LogP) is 6.21. The third kappa shape index (κ3) is 29.5. The SMILES string of the molecule is C[N+](C)(C)C.C[N+](C)(C)C.C[N+](C)(C)C.C[N+](C)(C)C.O=S(=O)([O-])c1cc(N=Nc2cc(S(=O)(=O)[O-])c3cccnc3c2[O-])ccc1/C=C/c1ccc(N=Nc2cc(S(=O)(=O)[O-])c3cccnc3c2[O-])cc1S(=O)(=O)[O-].[Cl][Zn+].[Cl][Zn+]. The first-order valence-corrected chi connectivity index (χ1v) is 36.1. The van der Waals surface area contributed by atoms with Crippen molar-refractivity contribution in [3.8, 4) is 11.5 Å². The molecular formula is C48H64Cl2N10O14S4Zn2.